The average molecular weight is 278 g/mol. The first-order chi connectivity index (χ1) is 8.21. The van der Waals surface area contributed by atoms with E-state index in [2.05, 4.69) is 0 Å². The van der Waals surface area contributed by atoms with E-state index in [1.54, 1.807) is 0 Å². The van der Waals surface area contributed by atoms with Crippen molar-refractivity contribution in [2.24, 2.45) is 5.92 Å². The molecular weight excluding hydrogens is 260 g/mol. The van der Waals surface area contributed by atoms with Crippen LogP contribution in [0.2, 0.25) is 0 Å². The van der Waals surface area contributed by atoms with Crippen LogP contribution < -0.4 is 0 Å². The molecule has 1 amide bonds. The van der Waals surface area contributed by atoms with Crippen LogP contribution in [0.1, 0.15) is 12.8 Å². The Morgan fingerprint density at radius 2 is 2.06 bits per heavy atom. The van der Waals surface area contributed by atoms with Crippen molar-refractivity contribution in [3.05, 3.63) is 0 Å². The first-order valence-corrected chi connectivity index (χ1v) is 7.48. The van der Waals surface area contributed by atoms with Crippen molar-refractivity contribution in [1.29, 1.82) is 0 Å². The van der Waals surface area contributed by atoms with Gasteiger partial charge in [0.2, 0.25) is 15.9 Å². The summed E-state index contributed by atoms with van der Waals surface area (Å²) in [4.78, 5) is 24.1. The van der Waals surface area contributed by atoms with Crippen LogP contribution in [0.15, 0.2) is 0 Å². The second-order valence-corrected chi connectivity index (χ2v) is 6.63. The minimum atomic E-state index is -3.40. The Bertz CT molecular complexity index is 434. The van der Waals surface area contributed by atoms with E-state index in [0.717, 1.165) is 10.6 Å². The van der Waals surface area contributed by atoms with Crippen molar-refractivity contribution in [3.63, 3.8) is 0 Å². The highest BCUT2D eigenvalue weighted by Crippen LogP contribution is 2.16. The van der Waals surface area contributed by atoms with Gasteiger partial charge in [-0.15, -0.1) is 0 Å². The monoisotopic (exact) mass is 278 g/mol. The third kappa shape index (κ3) is 3.95. The normalized spacial score (nSPS) is 21.1. The zero-order chi connectivity index (χ0) is 13.9. The van der Waals surface area contributed by atoms with Crippen LogP contribution in [-0.4, -0.2) is 67.5 Å². The third-order valence-electron chi connectivity index (χ3n) is 3.05. The molecule has 8 heteroatoms. The van der Waals surface area contributed by atoms with E-state index < -0.39 is 21.9 Å². The van der Waals surface area contributed by atoms with Gasteiger partial charge in [-0.1, -0.05) is 0 Å². The number of aliphatic carboxylic acids is 1. The minimum absolute atomic E-state index is 0.159. The van der Waals surface area contributed by atoms with Crippen molar-refractivity contribution in [1.82, 2.24) is 9.21 Å². The molecule has 1 saturated heterocycles. The van der Waals surface area contributed by atoms with Gasteiger partial charge < -0.3 is 10.0 Å². The Morgan fingerprint density at radius 3 is 2.56 bits per heavy atom. The first-order valence-electron chi connectivity index (χ1n) is 5.63. The van der Waals surface area contributed by atoms with Gasteiger partial charge in [0.15, 0.2) is 0 Å². The molecule has 0 bridgehead atoms. The van der Waals surface area contributed by atoms with Crippen LogP contribution in [0.25, 0.3) is 0 Å². The highest BCUT2D eigenvalue weighted by atomic mass is 32.2. The predicted octanol–water partition coefficient (Wildman–Crippen LogP) is -0.799. The molecule has 0 saturated carbocycles. The van der Waals surface area contributed by atoms with E-state index in [-0.39, 0.29) is 19.0 Å². The molecule has 1 aliphatic rings. The number of nitrogens with zero attached hydrogens (tertiary/aromatic N) is 2. The average Bonchev–Trinajstić information content (AvgIpc) is 2.27. The quantitative estimate of drug-likeness (QED) is 0.726. The summed E-state index contributed by atoms with van der Waals surface area (Å²) in [7, 11) is -2.07. The number of hydrogen-bond acceptors (Lipinski definition) is 4. The Morgan fingerprint density at radius 1 is 1.44 bits per heavy atom. The van der Waals surface area contributed by atoms with E-state index in [0.29, 0.717) is 19.4 Å². The summed E-state index contributed by atoms with van der Waals surface area (Å²) in [5.41, 5.74) is 0. The molecule has 0 radical (unpaired) electrons. The number of likely N-dealkylation sites (tertiary alicyclic amines) is 1. The van der Waals surface area contributed by atoms with E-state index in [1.807, 2.05) is 0 Å². The van der Waals surface area contributed by atoms with Gasteiger partial charge >= 0.3 is 5.97 Å². The smallest absolute Gasteiger partial charge is 0.308 e. The fraction of sp³-hybridized carbons (Fsp3) is 0.800. The standard InChI is InChI=1S/C10H18N2O5S/c1-11(18(2,16)17)7-9(13)12-5-3-4-8(6-12)10(14)15/h8H,3-7H2,1-2H3,(H,14,15)/t8-/m0/s1. The number of carbonyl (C=O) groups is 2. The summed E-state index contributed by atoms with van der Waals surface area (Å²) >= 11 is 0. The molecule has 104 valence electrons. The van der Waals surface area contributed by atoms with Crippen molar-refractivity contribution in [3.8, 4) is 0 Å². The van der Waals surface area contributed by atoms with Crippen LogP contribution in [-0.2, 0) is 19.6 Å². The molecule has 18 heavy (non-hydrogen) atoms. The zero-order valence-corrected chi connectivity index (χ0v) is 11.3. The Labute approximate surface area is 106 Å². The maximum atomic E-state index is 11.9. The van der Waals surface area contributed by atoms with Gasteiger partial charge in [-0.3, -0.25) is 9.59 Å². The molecule has 0 aliphatic carbocycles. The van der Waals surface area contributed by atoms with Crippen LogP contribution in [0.4, 0.5) is 0 Å². The van der Waals surface area contributed by atoms with Gasteiger partial charge in [0.05, 0.1) is 18.7 Å². The first kappa shape index (κ1) is 14.9. The molecule has 7 nitrogen and oxygen atoms in total. The van der Waals surface area contributed by atoms with Crippen molar-refractivity contribution in [2.45, 2.75) is 12.8 Å². The second kappa shape index (κ2) is 5.66. The summed E-state index contributed by atoms with van der Waals surface area (Å²) in [6, 6.07) is 0. The van der Waals surface area contributed by atoms with Gasteiger partial charge in [0, 0.05) is 20.1 Å². The van der Waals surface area contributed by atoms with Gasteiger partial charge in [-0.2, -0.15) is 4.31 Å². The van der Waals surface area contributed by atoms with Gasteiger partial charge in [0.1, 0.15) is 0 Å². The highest BCUT2D eigenvalue weighted by molar-refractivity contribution is 7.88. The third-order valence-corrected chi connectivity index (χ3v) is 4.31. The Kier molecular flexibility index (Phi) is 4.69. The highest BCUT2D eigenvalue weighted by Gasteiger charge is 2.29. The lowest BCUT2D eigenvalue weighted by molar-refractivity contribution is -0.145. The Hall–Kier alpha value is -1.15. The molecule has 1 rings (SSSR count). The molecule has 0 aromatic heterocycles. The SMILES string of the molecule is CN(CC(=O)N1CCC[C@H](C(=O)O)C1)S(C)(=O)=O. The molecule has 0 unspecified atom stereocenters. The molecule has 1 N–H and O–H groups in total. The molecule has 1 aliphatic heterocycles. The van der Waals surface area contributed by atoms with Crippen LogP contribution in [0, 0.1) is 5.92 Å². The topological polar surface area (TPSA) is 95.0 Å². The maximum absolute atomic E-state index is 11.9. The number of sulfonamides is 1. The molecule has 0 spiro atoms. The van der Waals surface area contributed by atoms with E-state index >= 15 is 0 Å². The van der Waals surface area contributed by atoms with E-state index in [9.17, 15) is 18.0 Å². The van der Waals surface area contributed by atoms with Gasteiger partial charge in [-0.05, 0) is 12.8 Å². The lowest BCUT2D eigenvalue weighted by Gasteiger charge is -2.31. The zero-order valence-electron chi connectivity index (χ0n) is 10.5. The summed E-state index contributed by atoms with van der Waals surface area (Å²) < 4.78 is 23.3. The summed E-state index contributed by atoms with van der Waals surface area (Å²) in [6.07, 6.45) is 2.21. The molecule has 1 atom stereocenters. The second-order valence-electron chi connectivity index (χ2n) is 4.54. The van der Waals surface area contributed by atoms with Crippen molar-refractivity contribution in [2.75, 3.05) is 32.9 Å². The number of likely N-dealkylation sites (N-methyl/N-ethyl adjacent to an activating group) is 1. The van der Waals surface area contributed by atoms with Gasteiger partial charge in [-0.25, -0.2) is 8.42 Å². The minimum Gasteiger partial charge on any atom is -0.481 e. The molecular formula is C10H18N2O5S. The van der Waals surface area contributed by atoms with Crippen LogP contribution in [0.3, 0.4) is 0 Å². The summed E-state index contributed by atoms with van der Waals surface area (Å²) in [5.74, 6) is -1.82. The van der Waals surface area contributed by atoms with Crippen molar-refractivity contribution < 1.29 is 23.1 Å². The van der Waals surface area contributed by atoms with Crippen molar-refractivity contribution >= 4 is 21.9 Å². The number of carboxylic acids is 1. The summed E-state index contributed by atoms with van der Waals surface area (Å²) in [6.45, 7) is 0.400. The predicted molar refractivity (Wildman–Crippen MR) is 64.4 cm³/mol. The lowest BCUT2D eigenvalue weighted by atomic mass is 9.98. The number of carbonyl (C=O) groups excluding carboxylic acids is 1. The number of piperidine rings is 1. The number of amides is 1. The van der Waals surface area contributed by atoms with Crippen LogP contribution in [0.5, 0.6) is 0 Å². The largest absolute Gasteiger partial charge is 0.481 e. The fourth-order valence-electron chi connectivity index (χ4n) is 1.81. The molecule has 1 heterocycles. The number of carboxylic acid groups (broad SMARTS) is 1. The molecule has 0 aromatic rings. The maximum Gasteiger partial charge on any atom is 0.308 e. The Balaban J connectivity index is 2.59. The molecule has 0 aromatic carbocycles. The van der Waals surface area contributed by atoms with Gasteiger partial charge in [0.25, 0.3) is 0 Å². The van der Waals surface area contributed by atoms with E-state index in [1.165, 1.54) is 11.9 Å². The lowest BCUT2D eigenvalue weighted by Crippen LogP contribution is -2.46. The number of hydrogen-bond donors (Lipinski definition) is 1. The number of rotatable bonds is 4. The summed E-state index contributed by atoms with van der Waals surface area (Å²) in [5, 5.41) is 8.90. The molecule has 1 fully saturated rings. The fourth-order valence-corrected chi connectivity index (χ4v) is 2.16. The van der Waals surface area contributed by atoms with Crippen LogP contribution >= 0.6 is 0 Å². The van der Waals surface area contributed by atoms with E-state index in [4.69, 9.17) is 5.11 Å².